The molecule has 2 aliphatic heterocycles. The zero-order valence-electron chi connectivity index (χ0n) is 18.1. The Morgan fingerprint density at radius 2 is 1.94 bits per heavy atom. The van der Waals surface area contributed by atoms with E-state index in [1.54, 1.807) is 35.2 Å². The molecular formula is C24H23ClN2O5. The van der Waals surface area contributed by atoms with Gasteiger partial charge in [0.25, 0.3) is 0 Å². The third kappa shape index (κ3) is 4.48. The van der Waals surface area contributed by atoms with Crippen LogP contribution in [-0.4, -0.2) is 37.5 Å². The number of carbonyl (C=O) groups is 2. The number of ether oxygens (including phenoxy) is 3. The predicted octanol–water partition coefficient (Wildman–Crippen LogP) is 4.61. The second-order valence-corrected chi connectivity index (χ2v) is 8.14. The van der Waals surface area contributed by atoms with Crippen LogP contribution < -0.4 is 14.4 Å². The minimum atomic E-state index is -0.559. The van der Waals surface area contributed by atoms with E-state index in [2.05, 4.69) is 4.99 Å². The molecule has 2 aliphatic rings. The van der Waals surface area contributed by atoms with Crippen molar-refractivity contribution in [2.75, 3.05) is 18.6 Å². The Hall–Kier alpha value is -3.32. The molecule has 166 valence electrons. The highest BCUT2D eigenvalue weighted by Crippen LogP contribution is 2.38. The van der Waals surface area contributed by atoms with Crippen LogP contribution in [0.1, 0.15) is 37.8 Å². The normalized spacial score (nSPS) is 17.2. The summed E-state index contributed by atoms with van der Waals surface area (Å²) in [6.07, 6.45) is 2.94. The summed E-state index contributed by atoms with van der Waals surface area (Å²) < 4.78 is 16.5. The minimum Gasteiger partial charge on any atom is -0.493 e. The van der Waals surface area contributed by atoms with Gasteiger partial charge in [-0.05, 0) is 68.3 Å². The van der Waals surface area contributed by atoms with E-state index >= 15 is 0 Å². The number of esters is 1. The van der Waals surface area contributed by atoms with E-state index in [0.717, 1.165) is 12.1 Å². The summed E-state index contributed by atoms with van der Waals surface area (Å²) in [4.78, 5) is 30.4. The molecule has 1 saturated heterocycles. The lowest BCUT2D eigenvalue weighted by Gasteiger charge is -2.15. The minimum absolute atomic E-state index is 0.0717. The molecule has 1 fully saturated rings. The van der Waals surface area contributed by atoms with Crippen molar-refractivity contribution in [1.29, 1.82) is 0 Å². The van der Waals surface area contributed by atoms with E-state index < -0.39 is 5.97 Å². The Bertz CT molecular complexity index is 1120. The van der Waals surface area contributed by atoms with Crippen molar-refractivity contribution in [3.05, 3.63) is 58.2 Å². The molecule has 0 radical (unpaired) electrons. The van der Waals surface area contributed by atoms with Gasteiger partial charge in [-0.1, -0.05) is 11.6 Å². The Balaban J connectivity index is 1.59. The first-order valence-corrected chi connectivity index (χ1v) is 10.7. The zero-order chi connectivity index (χ0) is 22.8. The number of nitrogens with zero attached hydrogens (tertiary/aromatic N) is 2. The highest BCUT2D eigenvalue weighted by atomic mass is 35.5. The molecule has 8 heteroatoms. The van der Waals surface area contributed by atoms with Crippen molar-refractivity contribution in [2.24, 2.45) is 4.99 Å². The van der Waals surface area contributed by atoms with Crippen LogP contribution in [0.3, 0.4) is 0 Å². The van der Waals surface area contributed by atoms with Gasteiger partial charge in [0.05, 0.1) is 18.2 Å². The Kier molecular flexibility index (Phi) is 6.19. The predicted molar refractivity (Wildman–Crippen MR) is 122 cm³/mol. The van der Waals surface area contributed by atoms with Crippen LogP contribution in [0.4, 0.5) is 5.69 Å². The molecule has 0 aliphatic carbocycles. The summed E-state index contributed by atoms with van der Waals surface area (Å²) in [6, 6.07) is 10.6. The average molecular weight is 455 g/mol. The molecule has 0 bridgehead atoms. The van der Waals surface area contributed by atoms with Crippen molar-refractivity contribution in [1.82, 2.24) is 0 Å². The first kappa shape index (κ1) is 21.9. The molecule has 0 saturated carbocycles. The molecule has 1 amide bonds. The smallest absolute Gasteiger partial charge is 0.363 e. The van der Waals surface area contributed by atoms with Crippen LogP contribution in [0.2, 0.25) is 5.02 Å². The topological polar surface area (TPSA) is 77.4 Å². The van der Waals surface area contributed by atoms with Crippen LogP contribution in [0, 0.1) is 0 Å². The maximum Gasteiger partial charge on any atom is 0.363 e. The van der Waals surface area contributed by atoms with Crippen LogP contribution >= 0.6 is 11.6 Å². The quantitative estimate of drug-likeness (QED) is 0.470. The number of carbonyl (C=O) groups excluding carboxylic acids is 2. The number of rotatable bonds is 6. The molecule has 7 nitrogen and oxygen atoms in total. The Morgan fingerprint density at radius 3 is 2.56 bits per heavy atom. The van der Waals surface area contributed by atoms with Crippen molar-refractivity contribution in [3.8, 4) is 11.5 Å². The summed E-state index contributed by atoms with van der Waals surface area (Å²) in [7, 11) is 1.52. The Labute approximate surface area is 191 Å². The monoisotopic (exact) mass is 454 g/mol. The Morgan fingerprint density at radius 1 is 1.19 bits per heavy atom. The second kappa shape index (κ2) is 9.04. The summed E-state index contributed by atoms with van der Waals surface area (Å²) in [5.41, 5.74) is 2.24. The molecule has 4 rings (SSSR count). The van der Waals surface area contributed by atoms with E-state index in [4.69, 9.17) is 25.8 Å². The SMILES string of the molecule is COc1cc(C=C2N=C(c3ccc(N4CCCC4=O)cc3)OC2=O)cc(Cl)c1OC(C)C. The summed E-state index contributed by atoms with van der Waals surface area (Å²) in [5.74, 6) is 0.669. The maximum atomic E-state index is 12.4. The molecule has 2 heterocycles. The number of anilines is 1. The van der Waals surface area contributed by atoms with Crippen molar-refractivity contribution in [3.63, 3.8) is 0 Å². The van der Waals surface area contributed by atoms with E-state index in [0.29, 0.717) is 40.6 Å². The molecular weight excluding hydrogens is 432 g/mol. The largest absolute Gasteiger partial charge is 0.493 e. The van der Waals surface area contributed by atoms with E-state index in [-0.39, 0.29) is 23.6 Å². The molecule has 0 unspecified atom stereocenters. The number of aliphatic imine (C=N–C) groups is 1. The summed E-state index contributed by atoms with van der Waals surface area (Å²) in [5, 5.41) is 0.368. The fourth-order valence-electron chi connectivity index (χ4n) is 3.57. The highest BCUT2D eigenvalue weighted by molar-refractivity contribution is 6.32. The molecule has 0 aromatic heterocycles. The highest BCUT2D eigenvalue weighted by Gasteiger charge is 2.26. The lowest BCUT2D eigenvalue weighted by molar-refractivity contribution is -0.130. The number of halogens is 1. The van der Waals surface area contributed by atoms with Crippen molar-refractivity contribution < 1.29 is 23.8 Å². The summed E-state index contributed by atoms with van der Waals surface area (Å²) >= 11 is 6.37. The molecule has 0 N–H and O–H groups in total. The van der Waals surface area contributed by atoms with Crippen LogP contribution in [0.15, 0.2) is 47.1 Å². The number of hydrogen-bond donors (Lipinski definition) is 0. The zero-order valence-corrected chi connectivity index (χ0v) is 18.8. The van der Waals surface area contributed by atoms with Crippen molar-refractivity contribution in [2.45, 2.75) is 32.8 Å². The van der Waals surface area contributed by atoms with Gasteiger partial charge in [0.1, 0.15) is 0 Å². The first-order chi connectivity index (χ1) is 15.4. The first-order valence-electron chi connectivity index (χ1n) is 10.3. The molecule has 2 aromatic carbocycles. The maximum absolute atomic E-state index is 12.4. The molecule has 2 aromatic rings. The molecule has 32 heavy (non-hydrogen) atoms. The average Bonchev–Trinajstić information content (AvgIpc) is 3.35. The van der Waals surface area contributed by atoms with Gasteiger partial charge in [-0.25, -0.2) is 9.79 Å². The van der Waals surface area contributed by atoms with Gasteiger partial charge in [-0.2, -0.15) is 0 Å². The van der Waals surface area contributed by atoms with Crippen molar-refractivity contribution >= 4 is 41.1 Å². The van der Waals surface area contributed by atoms with E-state index in [9.17, 15) is 9.59 Å². The van der Waals surface area contributed by atoms with Gasteiger partial charge in [-0.3, -0.25) is 4.79 Å². The molecule has 0 spiro atoms. The third-order valence-electron chi connectivity index (χ3n) is 5.03. The second-order valence-electron chi connectivity index (χ2n) is 7.73. The van der Waals surface area contributed by atoms with E-state index in [1.165, 1.54) is 7.11 Å². The number of benzene rings is 2. The standard InChI is InChI=1S/C24H23ClN2O5/c1-14(2)31-22-18(25)11-15(13-20(22)30-3)12-19-24(29)32-23(26-19)16-6-8-17(9-7-16)27-10-4-5-21(27)28/h6-9,11-14H,4-5,10H2,1-3H3. The van der Waals surface area contributed by atoms with Gasteiger partial charge < -0.3 is 19.1 Å². The van der Waals surface area contributed by atoms with Crippen LogP contribution in [-0.2, 0) is 14.3 Å². The van der Waals surface area contributed by atoms with E-state index in [1.807, 2.05) is 26.0 Å². The number of hydrogen-bond acceptors (Lipinski definition) is 6. The molecule has 0 atom stereocenters. The number of amides is 1. The van der Waals surface area contributed by atoms with Gasteiger partial charge in [0.15, 0.2) is 17.2 Å². The number of cyclic esters (lactones) is 1. The van der Waals surface area contributed by atoms with Gasteiger partial charge in [0.2, 0.25) is 11.8 Å². The van der Waals surface area contributed by atoms with Crippen LogP contribution in [0.25, 0.3) is 6.08 Å². The third-order valence-corrected chi connectivity index (χ3v) is 5.31. The summed E-state index contributed by atoms with van der Waals surface area (Å²) in [6.45, 7) is 4.51. The van der Waals surface area contributed by atoms with Gasteiger partial charge in [-0.15, -0.1) is 0 Å². The van der Waals surface area contributed by atoms with Gasteiger partial charge in [0, 0.05) is 24.2 Å². The lowest BCUT2D eigenvalue weighted by Crippen LogP contribution is -2.23. The number of methoxy groups -OCH3 is 1. The fraction of sp³-hybridized carbons (Fsp3) is 0.292. The fourth-order valence-corrected chi connectivity index (χ4v) is 3.83. The lowest BCUT2D eigenvalue weighted by atomic mass is 10.1. The van der Waals surface area contributed by atoms with Gasteiger partial charge >= 0.3 is 5.97 Å². The van der Waals surface area contributed by atoms with Crippen LogP contribution in [0.5, 0.6) is 11.5 Å².